The smallest absolute Gasteiger partial charge is 0.296 e. The molecule has 0 saturated heterocycles. The predicted octanol–water partition coefficient (Wildman–Crippen LogP) is 5.39. The molecule has 8 nitrogen and oxygen atoms in total. The first-order valence-corrected chi connectivity index (χ1v) is 13.4. The van der Waals surface area contributed by atoms with Crippen LogP contribution in [0.1, 0.15) is 26.8 Å². The second kappa shape index (κ2) is 10.1. The van der Waals surface area contributed by atoms with Gasteiger partial charge in [-0.2, -0.15) is 0 Å². The number of rotatable bonds is 8. The predicted molar refractivity (Wildman–Crippen MR) is 139 cm³/mol. The number of carbonyl (C=O) groups excluding carboxylic acids is 2. The van der Waals surface area contributed by atoms with Crippen LogP contribution in [0.15, 0.2) is 81.7 Å². The molecule has 36 heavy (non-hydrogen) atoms. The molecule has 0 saturated carbocycles. The number of ether oxygens (including phenoxy) is 1. The number of thiophene rings is 1. The molecule has 3 heterocycles. The summed E-state index contributed by atoms with van der Waals surface area (Å²) < 4.78 is 5.88. The maximum Gasteiger partial charge on any atom is 0.296 e. The molecule has 11 heteroatoms. The minimum atomic E-state index is -0.985. The maximum absolute atomic E-state index is 13.4. The zero-order valence-electron chi connectivity index (χ0n) is 18.8. The minimum absolute atomic E-state index is 0.0659. The van der Waals surface area contributed by atoms with Crippen LogP contribution in [0.25, 0.3) is 0 Å². The standard InChI is InChI=1S/C25H19N3O5S3/c1-33-17-12-15(9-10-16(17)29)20-19(21(30)18-8-5-11-34-18)22(31)23(32)28(20)24-26-27-25(36-24)35-13-14-6-3-2-4-7-14/h2-12,20,29,31H,13H2,1H3/t20-/m1/s1. The average molecular weight is 538 g/mol. The number of aliphatic hydroxyl groups excluding tert-OH is 1. The van der Waals surface area contributed by atoms with Gasteiger partial charge in [-0.3, -0.25) is 14.5 Å². The van der Waals surface area contributed by atoms with Crippen LogP contribution in [0.3, 0.4) is 0 Å². The molecule has 4 aromatic rings. The van der Waals surface area contributed by atoms with Crippen LogP contribution in [-0.4, -0.2) is 39.2 Å². The Morgan fingerprint density at radius 1 is 1.11 bits per heavy atom. The summed E-state index contributed by atoms with van der Waals surface area (Å²) in [5, 5.41) is 31.4. The lowest BCUT2D eigenvalue weighted by molar-refractivity contribution is -0.117. The van der Waals surface area contributed by atoms with E-state index in [1.165, 1.54) is 58.6 Å². The van der Waals surface area contributed by atoms with Gasteiger partial charge in [0.2, 0.25) is 10.9 Å². The number of aliphatic hydroxyl groups is 1. The lowest BCUT2D eigenvalue weighted by Gasteiger charge is -2.24. The van der Waals surface area contributed by atoms with Gasteiger partial charge < -0.3 is 14.9 Å². The van der Waals surface area contributed by atoms with E-state index < -0.39 is 23.5 Å². The molecule has 1 aliphatic heterocycles. The fraction of sp³-hybridized carbons (Fsp3) is 0.120. The minimum Gasteiger partial charge on any atom is -0.504 e. The van der Waals surface area contributed by atoms with Crippen LogP contribution < -0.4 is 9.64 Å². The highest BCUT2D eigenvalue weighted by Gasteiger charge is 2.46. The van der Waals surface area contributed by atoms with Gasteiger partial charge in [0.15, 0.2) is 21.6 Å². The topological polar surface area (TPSA) is 113 Å². The van der Waals surface area contributed by atoms with E-state index in [1.54, 1.807) is 23.6 Å². The second-order valence-corrected chi connectivity index (χ2v) is 10.8. The van der Waals surface area contributed by atoms with Crippen molar-refractivity contribution in [2.24, 2.45) is 0 Å². The Bertz CT molecular complexity index is 1450. The third-order valence-electron chi connectivity index (χ3n) is 5.52. The number of methoxy groups -OCH3 is 1. The van der Waals surface area contributed by atoms with Gasteiger partial charge in [-0.1, -0.05) is 65.6 Å². The van der Waals surface area contributed by atoms with Crippen LogP contribution in [0.5, 0.6) is 11.5 Å². The van der Waals surface area contributed by atoms with Crippen LogP contribution in [0, 0.1) is 0 Å². The van der Waals surface area contributed by atoms with Crippen molar-refractivity contribution in [2.45, 2.75) is 16.1 Å². The zero-order chi connectivity index (χ0) is 25.2. The lowest BCUT2D eigenvalue weighted by Crippen LogP contribution is -2.31. The van der Waals surface area contributed by atoms with Crippen LogP contribution in [-0.2, 0) is 10.5 Å². The molecule has 5 rings (SSSR count). The number of phenolic OH excluding ortho intramolecular Hbond substituents is 1. The summed E-state index contributed by atoms with van der Waals surface area (Å²) in [6.07, 6.45) is 0. The van der Waals surface area contributed by atoms with Crippen molar-refractivity contribution in [3.63, 3.8) is 0 Å². The maximum atomic E-state index is 13.4. The van der Waals surface area contributed by atoms with Gasteiger partial charge in [0.05, 0.1) is 23.6 Å². The molecule has 1 amide bonds. The van der Waals surface area contributed by atoms with Crippen molar-refractivity contribution in [3.05, 3.63) is 93.4 Å². The Balaban J connectivity index is 1.53. The van der Waals surface area contributed by atoms with Crippen molar-refractivity contribution in [1.82, 2.24) is 10.2 Å². The van der Waals surface area contributed by atoms with E-state index in [9.17, 15) is 19.8 Å². The Kier molecular flexibility index (Phi) is 6.77. The number of ketones is 1. The van der Waals surface area contributed by atoms with Crippen molar-refractivity contribution in [2.75, 3.05) is 12.0 Å². The second-order valence-electron chi connectivity index (χ2n) is 7.70. The van der Waals surface area contributed by atoms with Crippen molar-refractivity contribution in [1.29, 1.82) is 0 Å². The molecule has 2 N–H and O–H groups in total. The molecule has 0 spiro atoms. The molecule has 2 aromatic carbocycles. The highest BCUT2D eigenvalue weighted by atomic mass is 32.2. The first-order chi connectivity index (χ1) is 17.5. The molecule has 182 valence electrons. The lowest BCUT2D eigenvalue weighted by atomic mass is 9.95. The molecule has 1 aliphatic rings. The SMILES string of the molecule is COc1cc([C@@H]2C(C(=O)c3cccs3)=C(O)C(=O)N2c2nnc(SCc3ccccc3)s2)ccc1O. The number of benzene rings is 2. The van der Waals surface area contributed by atoms with Gasteiger partial charge in [-0.25, -0.2) is 0 Å². The van der Waals surface area contributed by atoms with Gasteiger partial charge in [-0.05, 0) is 34.7 Å². The van der Waals surface area contributed by atoms with Crippen LogP contribution >= 0.6 is 34.4 Å². The summed E-state index contributed by atoms with van der Waals surface area (Å²) in [4.78, 5) is 28.4. The number of Topliss-reactive ketones (excluding diaryl/α,β-unsaturated/α-hetero) is 1. The summed E-state index contributed by atoms with van der Waals surface area (Å²) >= 11 is 3.89. The molecule has 0 unspecified atom stereocenters. The van der Waals surface area contributed by atoms with E-state index in [4.69, 9.17) is 4.74 Å². The fourth-order valence-electron chi connectivity index (χ4n) is 3.83. The number of phenols is 1. The van der Waals surface area contributed by atoms with E-state index in [0.29, 0.717) is 20.5 Å². The Labute approximate surface area is 218 Å². The summed E-state index contributed by atoms with van der Waals surface area (Å²) in [5.41, 5.74) is 1.52. The van der Waals surface area contributed by atoms with E-state index in [-0.39, 0.29) is 22.2 Å². The van der Waals surface area contributed by atoms with E-state index in [2.05, 4.69) is 10.2 Å². The number of hydrogen-bond acceptors (Lipinski definition) is 10. The molecule has 0 radical (unpaired) electrons. The monoisotopic (exact) mass is 537 g/mol. The molecule has 0 fully saturated rings. The van der Waals surface area contributed by atoms with Gasteiger partial charge >= 0.3 is 0 Å². The first kappa shape index (κ1) is 24.0. The Morgan fingerprint density at radius 3 is 2.64 bits per heavy atom. The van der Waals surface area contributed by atoms with Gasteiger partial charge in [-0.15, -0.1) is 21.5 Å². The number of amides is 1. The quantitative estimate of drug-likeness (QED) is 0.175. The van der Waals surface area contributed by atoms with Crippen molar-refractivity contribution < 1.29 is 24.5 Å². The van der Waals surface area contributed by atoms with Crippen molar-refractivity contribution in [3.8, 4) is 11.5 Å². The summed E-state index contributed by atoms with van der Waals surface area (Å²) in [6.45, 7) is 0. The fourth-order valence-corrected chi connectivity index (χ4v) is 6.33. The number of aromatic hydroxyl groups is 1. The molecule has 0 bridgehead atoms. The number of thioether (sulfide) groups is 1. The number of carbonyl (C=O) groups is 2. The van der Waals surface area contributed by atoms with Crippen LogP contribution in [0.2, 0.25) is 0 Å². The highest BCUT2D eigenvalue weighted by molar-refractivity contribution is 8.00. The third-order valence-corrected chi connectivity index (χ3v) is 8.52. The summed E-state index contributed by atoms with van der Waals surface area (Å²) in [5.74, 6) is -1.09. The zero-order valence-corrected chi connectivity index (χ0v) is 21.3. The van der Waals surface area contributed by atoms with Gasteiger partial charge in [0.25, 0.3) is 5.91 Å². The molecular formula is C25H19N3O5S3. The van der Waals surface area contributed by atoms with Crippen molar-refractivity contribution >= 4 is 51.3 Å². The first-order valence-electron chi connectivity index (χ1n) is 10.7. The Hall–Kier alpha value is -3.67. The van der Waals surface area contributed by atoms with E-state index in [1.807, 2.05) is 30.3 Å². The normalized spacial score (nSPS) is 15.5. The number of aromatic nitrogens is 2. The molecule has 0 aliphatic carbocycles. The van der Waals surface area contributed by atoms with Gasteiger partial charge in [0.1, 0.15) is 0 Å². The summed E-state index contributed by atoms with van der Waals surface area (Å²) in [7, 11) is 1.41. The molecule has 2 aromatic heterocycles. The van der Waals surface area contributed by atoms with E-state index in [0.717, 1.165) is 5.56 Å². The number of anilines is 1. The highest BCUT2D eigenvalue weighted by Crippen LogP contribution is 2.45. The van der Waals surface area contributed by atoms with E-state index >= 15 is 0 Å². The Morgan fingerprint density at radius 2 is 1.92 bits per heavy atom. The largest absolute Gasteiger partial charge is 0.504 e. The number of hydrogen-bond donors (Lipinski definition) is 2. The summed E-state index contributed by atoms with van der Waals surface area (Å²) in [6, 6.07) is 16.8. The van der Waals surface area contributed by atoms with Crippen LogP contribution in [0.4, 0.5) is 5.13 Å². The number of nitrogens with zero attached hydrogens (tertiary/aromatic N) is 3. The average Bonchev–Trinajstić information content (AvgIpc) is 3.64. The third kappa shape index (κ3) is 4.48. The molecule has 1 atom stereocenters. The molecular weight excluding hydrogens is 518 g/mol. The van der Waals surface area contributed by atoms with Gasteiger partial charge in [0, 0.05) is 5.75 Å².